The van der Waals surface area contributed by atoms with Gasteiger partial charge in [0.2, 0.25) is 0 Å². The van der Waals surface area contributed by atoms with E-state index in [0.29, 0.717) is 0 Å². The number of halogens is 1. The molecule has 0 rings (SSSR count). The molecule has 0 saturated heterocycles. The average Bonchev–Trinajstić information content (AvgIpc) is 1.61. The van der Waals surface area contributed by atoms with Gasteiger partial charge in [0.25, 0.3) is 0 Å². The van der Waals surface area contributed by atoms with E-state index in [4.69, 9.17) is 28.8 Å². The van der Waals surface area contributed by atoms with Crippen LogP contribution in [0.15, 0.2) is 0 Å². The lowest BCUT2D eigenvalue weighted by Gasteiger charge is -2.03. The normalized spacial score (nSPS) is 9.00. The highest BCUT2D eigenvalue weighted by Gasteiger charge is 1.98. The summed E-state index contributed by atoms with van der Waals surface area (Å²) < 4.78 is 32.7. The molecule has 0 aliphatic rings. The second-order valence-electron chi connectivity index (χ2n) is 0.843. The van der Waals surface area contributed by atoms with E-state index in [1.54, 1.807) is 0 Å². The molecule has 0 aliphatic heterocycles. The van der Waals surface area contributed by atoms with Gasteiger partial charge in [0.1, 0.15) is 0 Å². The van der Waals surface area contributed by atoms with Crippen LogP contribution in [0.2, 0.25) is 0 Å². The molecule has 0 fully saturated rings. The molecule has 5 N–H and O–H groups in total. The topological polar surface area (TPSA) is 161 Å². The SMILES string of the molecule is O.OCCO.[O-][Cl+3]([O-])([O-])O. The van der Waals surface area contributed by atoms with Crippen LogP contribution in [-0.4, -0.2) is 33.6 Å². The van der Waals surface area contributed by atoms with Gasteiger partial charge in [-0.2, -0.15) is 14.0 Å². The molecule has 0 heterocycles. The van der Waals surface area contributed by atoms with E-state index in [9.17, 15) is 0 Å². The molecule has 0 aliphatic carbocycles. The van der Waals surface area contributed by atoms with Crippen molar-refractivity contribution in [2.24, 2.45) is 0 Å². The van der Waals surface area contributed by atoms with Crippen molar-refractivity contribution in [3.63, 3.8) is 0 Å². The van der Waals surface area contributed by atoms with Crippen LogP contribution in [0.25, 0.3) is 0 Å². The Bertz CT molecular complexity index is 42.1. The van der Waals surface area contributed by atoms with E-state index < -0.39 is 10.2 Å². The van der Waals surface area contributed by atoms with Crippen LogP contribution in [0.3, 0.4) is 0 Å². The number of aliphatic hydroxyl groups is 2. The lowest BCUT2D eigenvalue weighted by Crippen LogP contribution is -2.58. The van der Waals surface area contributed by atoms with E-state index in [1.807, 2.05) is 0 Å². The molecular weight excluding hydrogens is 171 g/mol. The van der Waals surface area contributed by atoms with Crippen molar-refractivity contribution in [1.82, 2.24) is 0 Å². The summed E-state index contributed by atoms with van der Waals surface area (Å²) >= 11 is 0. The fraction of sp³-hybridized carbons (Fsp3) is 1.00. The van der Waals surface area contributed by atoms with Gasteiger partial charge in [0.05, 0.1) is 28.1 Å². The number of rotatable bonds is 1. The molecule has 0 aromatic carbocycles. The molecule has 0 amide bonds. The van der Waals surface area contributed by atoms with Crippen LogP contribution in [0.5, 0.6) is 0 Å². The Hall–Kier alpha value is 0.01000. The second kappa shape index (κ2) is 9.01. The maximum absolute atomic E-state index is 8.60. The maximum atomic E-state index is 8.60. The van der Waals surface area contributed by atoms with Crippen molar-refractivity contribution in [2.75, 3.05) is 13.2 Å². The van der Waals surface area contributed by atoms with Gasteiger partial charge in [-0.1, -0.05) is 0 Å². The Morgan fingerprint density at radius 3 is 1.10 bits per heavy atom. The summed E-state index contributed by atoms with van der Waals surface area (Å²) in [7, 11) is -4.69. The number of hydrogen-bond donors (Lipinski definition) is 3. The molecule has 0 bridgehead atoms. The minimum Gasteiger partial charge on any atom is -0.412 e. The highest BCUT2D eigenvalue weighted by Crippen LogP contribution is 1.60. The van der Waals surface area contributed by atoms with Crippen molar-refractivity contribution in [2.45, 2.75) is 0 Å². The largest absolute Gasteiger partial charge is 0.412 e. The van der Waals surface area contributed by atoms with E-state index >= 15 is 0 Å². The van der Waals surface area contributed by atoms with Gasteiger partial charge in [0.15, 0.2) is 0 Å². The van der Waals surface area contributed by atoms with Gasteiger partial charge in [-0.15, -0.1) is 0 Å². The summed E-state index contributed by atoms with van der Waals surface area (Å²) in [5, 5.41) is 15.2. The van der Waals surface area contributed by atoms with E-state index in [-0.39, 0.29) is 18.7 Å². The van der Waals surface area contributed by atoms with Crippen molar-refractivity contribution in [3.05, 3.63) is 0 Å². The molecule has 8 heteroatoms. The molecule has 0 atom stereocenters. The Morgan fingerprint density at radius 1 is 1.00 bits per heavy atom. The summed E-state index contributed by atoms with van der Waals surface area (Å²) in [6.07, 6.45) is 0. The third kappa shape index (κ3) is 386. The van der Waals surface area contributed by atoms with Gasteiger partial charge in [-0.25, -0.2) is 0 Å². The minimum absolute atomic E-state index is 0. The fourth-order valence-corrected chi connectivity index (χ4v) is 0. The summed E-state index contributed by atoms with van der Waals surface area (Å²) in [5.74, 6) is 0. The lowest BCUT2D eigenvalue weighted by molar-refractivity contribution is -1.92. The third-order valence-electron chi connectivity index (χ3n) is 0.1000. The quantitative estimate of drug-likeness (QED) is 0.364. The smallest absolute Gasteiger partial charge is 0.0777 e. The Balaban J connectivity index is -0.0000000910. The van der Waals surface area contributed by atoms with Gasteiger partial charge in [0, 0.05) is 0 Å². The highest BCUT2D eigenvalue weighted by atomic mass is 35.7. The summed E-state index contributed by atoms with van der Waals surface area (Å²) in [6, 6.07) is 0. The van der Waals surface area contributed by atoms with Crippen LogP contribution in [0, 0.1) is 10.2 Å². The second-order valence-corrected chi connectivity index (χ2v) is 1.64. The zero-order valence-electron chi connectivity index (χ0n) is 4.86. The zero-order chi connectivity index (χ0) is 7.91. The Labute approximate surface area is 58.8 Å². The van der Waals surface area contributed by atoms with E-state index in [1.165, 1.54) is 0 Å². The van der Waals surface area contributed by atoms with Crippen LogP contribution < -0.4 is 14.0 Å². The first-order valence-corrected chi connectivity index (χ1v) is 3.03. The maximum Gasteiger partial charge on any atom is 0.0777 e. The van der Waals surface area contributed by atoms with Crippen LogP contribution >= 0.6 is 0 Å². The Kier molecular flexibility index (Phi) is 14.9. The standard InChI is InChI=1S/C2H6O2.ClHO4.H2O/c3-1-2-4;2-1(3,4)5;/h3-4H,1-2H2;(H,2,3,4,5);1H2. The van der Waals surface area contributed by atoms with Crippen LogP contribution in [-0.2, 0) is 0 Å². The highest BCUT2D eigenvalue weighted by molar-refractivity contribution is 4.06. The molecule has 0 spiro atoms. The van der Waals surface area contributed by atoms with Gasteiger partial charge in [-0.3, -0.25) is 0 Å². The average molecular weight is 181 g/mol. The summed E-state index contributed by atoms with van der Waals surface area (Å²) in [6.45, 7) is -0.250. The molecule has 66 valence electrons. The fourth-order valence-electron chi connectivity index (χ4n) is 0. The predicted molar refractivity (Wildman–Crippen MR) is 20.0 cm³/mol. The van der Waals surface area contributed by atoms with Crippen LogP contribution in [0.1, 0.15) is 0 Å². The summed E-state index contributed by atoms with van der Waals surface area (Å²) in [5.41, 5.74) is 0. The predicted octanol–water partition coefficient (Wildman–Crippen LogP) is -5.98. The van der Waals surface area contributed by atoms with E-state index in [2.05, 4.69) is 0 Å². The first kappa shape index (κ1) is 16.5. The van der Waals surface area contributed by atoms with Crippen molar-refractivity contribution in [1.29, 1.82) is 0 Å². The number of aliphatic hydroxyl groups excluding tert-OH is 2. The van der Waals surface area contributed by atoms with Gasteiger partial charge >= 0.3 is 0 Å². The van der Waals surface area contributed by atoms with Crippen molar-refractivity contribution in [3.8, 4) is 0 Å². The minimum atomic E-state index is -4.69. The first-order valence-electron chi connectivity index (χ1n) is 1.76. The lowest BCUT2D eigenvalue weighted by atomic mass is 10.8. The Morgan fingerprint density at radius 2 is 1.10 bits per heavy atom. The zero-order valence-corrected chi connectivity index (χ0v) is 5.61. The van der Waals surface area contributed by atoms with Crippen molar-refractivity contribution < 1.29 is 44.6 Å². The van der Waals surface area contributed by atoms with Crippen LogP contribution in [0.4, 0.5) is 0 Å². The summed E-state index contributed by atoms with van der Waals surface area (Å²) in [4.78, 5) is 0. The molecule has 0 unspecified atom stereocenters. The molecule has 0 saturated carbocycles. The molecule has 0 aromatic heterocycles. The molecular formula is C2H9ClO7. The van der Waals surface area contributed by atoms with Gasteiger partial charge in [-0.05, 0) is 0 Å². The van der Waals surface area contributed by atoms with Crippen molar-refractivity contribution >= 4 is 0 Å². The molecule has 0 radical (unpaired) electrons. The first-order chi connectivity index (χ1) is 3.91. The number of hydrogen-bond acceptors (Lipinski definition) is 6. The van der Waals surface area contributed by atoms with E-state index in [0.717, 1.165) is 0 Å². The third-order valence-corrected chi connectivity index (χ3v) is 0.1000. The molecule has 7 nitrogen and oxygen atoms in total. The molecule has 10 heavy (non-hydrogen) atoms. The van der Waals surface area contributed by atoms with Gasteiger partial charge < -0.3 is 15.7 Å². The molecule has 0 aromatic rings. The monoisotopic (exact) mass is 180 g/mol.